The maximum Gasteiger partial charge on any atom is 0.251 e. The van der Waals surface area contributed by atoms with E-state index in [1.165, 1.54) is 0 Å². The number of benzene rings is 2. The summed E-state index contributed by atoms with van der Waals surface area (Å²) < 4.78 is 18.9. The van der Waals surface area contributed by atoms with Gasteiger partial charge in [-0.1, -0.05) is 6.07 Å². The predicted molar refractivity (Wildman–Crippen MR) is 132 cm³/mol. The monoisotopic (exact) mass is 504 g/mol. The van der Waals surface area contributed by atoms with E-state index in [1.54, 1.807) is 35.3 Å². The fourth-order valence-electron chi connectivity index (χ4n) is 4.74. The Balaban J connectivity index is 1.32. The fourth-order valence-corrected chi connectivity index (χ4v) is 5.39. The molecule has 4 heterocycles. The SMILES string of the molecule is COc1c2c(cc3c1[C@H](c1nnnn1-c1ccc(C(=O)NCc4cccs4)cc1)N(C)CC3)OCO2. The van der Waals surface area contributed by atoms with Gasteiger partial charge in [0.1, 0.15) is 6.04 Å². The molecule has 0 radical (unpaired) electrons. The predicted octanol–water partition coefficient (Wildman–Crippen LogP) is 2.97. The quantitative estimate of drug-likeness (QED) is 0.428. The number of ether oxygens (including phenoxy) is 3. The van der Waals surface area contributed by atoms with E-state index >= 15 is 0 Å². The summed E-state index contributed by atoms with van der Waals surface area (Å²) in [5.41, 5.74) is 3.41. The van der Waals surface area contributed by atoms with Crippen LogP contribution in [-0.2, 0) is 13.0 Å². The number of amides is 1. The van der Waals surface area contributed by atoms with Crippen LogP contribution in [0.15, 0.2) is 47.8 Å². The molecule has 184 valence electrons. The van der Waals surface area contributed by atoms with Crippen LogP contribution in [0.25, 0.3) is 5.69 Å². The molecule has 2 aliphatic rings. The molecule has 0 aliphatic carbocycles. The fraction of sp³-hybridized carbons (Fsp3) is 0.280. The lowest BCUT2D eigenvalue weighted by Gasteiger charge is -2.34. The minimum Gasteiger partial charge on any atom is -0.492 e. The molecule has 11 heteroatoms. The molecule has 1 atom stereocenters. The Morgan fingerprint density at radius 1 is 1.25 bits per heavy atom. The number of methoxy groups -OCH3 is 1. The summed E-state index contributed by atoms with van der Waals surface area (Å²) in [7, 11) is 3.67. The number of tetrazole rings is 1. The van der Waals surface area contributed by atoms with Gasteiger partial charge in [-0.3, -0.25) is 9.69 Å². The van der Waals surface area contributed by atoms with Gasteiger partial charge < -0.3 is 19.5 Å². The Labute approximate surface area is 211 Å². The topological polar surface area (TPSA) is 104 Å². The molecule has 1 N–H and O–H groups in total. The van der Waals surface area contributed by atoms with Gasteiger partial charge in [-0.25, -0.2) is 0 Å². The molecule has 10 nitrogen and oxygen atoms in total. The molecule has 0 bridgehead atoms. The van der Waals surface area contributed by atoms with Crippen molar-refractivity contribution in [3.05, 3.63) is 75.2 Å². The molecule has 1 amide bonds. The first-order valence-electron chi connectivity index (χ1n) is 11.5. The van der Waals surface area contributed by atoms with Crippen LogP contribution >= 0.6 is 11.3 Å². The van der Waals surface area contributed by atoms with E-state index in [9.17, 15) is 4.79 Å². The number of nitrogens with zero attached hydrogens (tertiary/aromatic N) is 5. The molecule has 36 heavy (non-hydrogen) atoms. The van der Waals surface area contributed by atoms with Crippen LogP contribution in [0.3, 0.4) is 0 Å². The number of likely N-dealkylation sites (N-methyl/N-ethyl adjacent to an activating group) is 1. The number of thiophene rings is 1. The molecule has 0 saturated heterocycles. The van der Waals surface area contributed by atoms with Crippen molar-refractivity contribution in [2.45, 2.75) is 19.0 Å². The number of aromatic nitrogens is 4. The summed E-state index contributed by atoms with van der Waals surface area (Å²) >= 11 is 1.61. The highest BCUT2D eigenvalue weighted by Crippen LogP contribution is 2.50. The van der Waals surface area contributed by atoms with Gasteiger partial charge in [0, 0.05) is 22.5 Å². The number of nitrogens with one attached hydrogen (secondary N) is 1. The third-order valence-corrected chi connectivity index (χ3v) is 7.39. The van der Waals surface area contributed by atoms with Gasteiger partial charge in [-0.15, -0.1) is 16.4 Å². The zero-order valence-electron chi connectivity index (χ0n) is 19.8. The van der Waals surface area contributed by atoms with Crippen molar-refractivity contribution in [1.82, 2.24) is 30.4 Å². The molecule has 0 spiro atoms. The Kier molecular flexibility index (Phi) is 5.78. The lowest BCUT2D eigenvalue weighted by Crippen LogP contribution is -2.35. The molecular formula is C25H24N6O4S. The molecule has 0 unspecified atom stereocenters. The highest BCUT2D eigenvalue weighted by atomic mass is 32.1. The van der Waals surface area contributed by atoms with Crippen molar-refractivity contribution in [2.24, 2.45) is 0 Å². The van der Waals surface area contributed by atoms with E-state index in [2.05, 4.69) is 25.7 Å². The minimum absolute atomic E-state index is 0.131. The smallest absolute Gasteiger partial charge is 0.251 e. The van der Waals surface area contributed by atoms with Crippen molar-refractivity contribution in [3.63, 3.8) is 0 Å². The zero-order valence-corrected chi connectivity index (χ0v) is 20.6. The number of hydrogen-bond donors (Lipinski definition) is 1. The molecule has 0 saturated carbocycles. The summed E-state index contributed by atoms with van der Waals surface area (Å²) in [6.45, 7) is 1.49. The van der Waals surface area contributed by atoms with Crippen LogP contribution in [0.2, 0.25) is 0 Å². The Bertz CT molecular complexity index is 1400. The van der Waals surface area contributed by atoms with Crippen molar-refractivity contribution in [2.75, 3.05) is 27.5 Å². The van der Waals surface area contributed by atoms with Crippen LogP contribution in [0.4, 0.5) is 0 Å². The molecule has 0 fully saturated rings. The van der Waals surface area contributed by atoms with Crippen LogP contribution in [0.1, 0.15) is 38.2 Å². The highest BCUT2D eigenvalue weighted by Gasteiger charge is 2.37. The minimum atomic E-state index is -0.262. The van der Waals surface area contributed by atoms with E-state index in [-0.39, 0.29) is 18.7 Å². The maximum atomic E-state index is 12.6. The summed E-state index contributed by atoms with van der Waals surface area (Å²) in [5.74, 6) is 2.46. The van der Waals surface area contributed by atoms with Gasteiger partial charge in [0.2, 0.25) is 12.5 Å². The summed E-state index contributed by atoms with van der Waals surface area (Å²) in [4.78, 5) is 15.9. The van der Waals surface area contributed by atoms with Gasteiger partial charge in [-0.2, -0.15) is 4.68 Å². The standard InChI is InChI=1S/C25H24N6O4S/c1-30-10-9-16-12-19-22(35-14-34-19)23(33-2)20(16)21(30)24-27-28-29-31(24)17-7-5-15(6-8-17)25(32)26-13-18-4-3-11-36-18/h3-8,11-12,21H,9-10,13-14H2,1-2H3,(H,26,32)/t21-/m1/s1. The van der Waals surface area contributed by atoms with Gasteiger partial charge >= 0.3 is 0 Å². The Morgan fingerprint density at radius 3 is 2.89 bits per heavy atom. The molecular weight excluding hydrogens is 480 g/mol. The van der Waals surface area contributed by atoms with Gasteiger partial charge in [0.25, 0.3) is 5.91 Å². The van der Waals surface area contributed by atoms with Crippen molar-refractivity contribution in [3.8, 4) is 22.9 Å². The van der Waals surface area contributed by atoms with Crippen LogP contribution in [0, 0.1) is 0 Å². The average Bonchev–Trinajstić information content (AvgIpc) is 3.68. The van der Waals surface area contributed by atoms with E-state index in [4.69, 9.17) is 14.2 Å². The molecule has 2 aliphatic heterocycles. The third kappa shape index (κ3) is 3.86. The van der Waals surface area contributed by atoms with E-state index in [1.807, 2.05) is 42.8 Å². The molecule has 4 aromatic rings. The second-order valence-corrected chi connectivity index (χ2v) is 9.64. The van der Waals surface area contributed by atoms with Gasteiger partial charge in [0.05, 0.1) is 19.3 Å². The lowest BCUT2D eigenvalue weighted by molar-refractivity contribution is 0.0951. The Hall–Kier alpha value is -3.96. The van der Waals surface area contributed by atoms with E-state index in [0.29, 0.717) is 35.2 Å². The number of hydrogen-bond acceptors (Lipinski definition) is 9. The average molecular weight is 505 g/mol. The molecule has 2 aromatic carbocycles. The third-order valence-electron chi connectivity index (χ3n) is 6.51. The number of carbonyl (C=O) groups excluding carboxylic acids is 1. The van der Waals surface area contributed by atoms with E-state index < -0.39 is 0 Å². The first kappa shape index (κ1) is 22.5. The normalized spacial score (nSPS) is 16.6. The van der Waals surface area contributed by atoms with Crippen LogP contribution in [0.5, 0.6) is 17.2 Å². The second-order valence-electron chi connectivity index (χ2n) is 8.61. The van der Waals surface area contributed by atoms with Crippen LogP contribution in [-0.4, -0.2) is 58.5 Å². The summed E-state index contributed by atoms with van der Waals surface area (Å²) in [5, 5.41) is 17.6. The molecule has 6 rings (SSSR count). The first-order valence-corrected chi connectivity index (χ1v) is 12.4. The molecule has 2 aromatic heterocycles. The number of fused-ring (bicyclic) bond motifs is 2. The first-order chi connectivity index (χ1) is 17.6. The maximum absolute atomic E-state index is 12.6. The van der Waals surface area contributed by atoms with Crippen molar-refractivity contribution in [1.29, 1.82) is 0 Å². The summed E-state index contributed by atoms with van der Waals surface area (Å²) in [6, 6.07) is 13.0. The number of rotatable bonds is 6. The Morgan fingerprint density at radius 2 is 2.11 bits per heavy atom. The zero-order chi connectivity index (χ0) is 24.6. The van der Waals surface area contributed by atoms with Crippen molar-refractivity contribution < 1.29 is 19.0 Å². The van der Waals surface area contributed by atoms with E-state index in [0.717, 1.165) is 34.7 Å². The van der Waals surface area contributed by atoms with Crippen molar-refractivity contribution >= 4 is 17.2 Å². The largest absolute Gasteiger partial charge is 0.492 e. The van der Waals surface area contributed by atoms with Gasteiger partial charge in [-0.05, 0) is 71.2 Å². The highest BCUT2D eigenvalue weighted by molar-refractivity contribution is 7.09. The van der Waals surface area contributed by atoms with Crippen LogP contribution < -0.4 is 19.5 Å². The lowest BCUT2D eigenvalue weighted by atomic mass is 9.90. The summed E-state index contributed by atoms with van der Waals surface area (Å²) in [6.07, 6.45) is 0.839. The van der Waals surface area contributed by atoms with Gasteiger partial charge in [0.15, 0.2) is 17.3 Å². The number of carbonyl (C=O) groups is 1. The second kappa shape index (κ2) is 9.25.